The molecule has 1 aromatic carbocycles. The van der Waals surface area contributed by atoms with Crippen LogP contribution in [0.25, 0.3) is 0 Å². The van der Waals surface area contributed by atoms with Gasteiger partial charge in [-0.15, -0.1) is 11.8 Å². The Bertz CT molecular complexity index is 306. The lowest BCUT2D eigenvalue weighted by atomic mass is 10.1. The zero-order chi connectivity index (χ0) is 12.7. The van der Waals surface area contributed by atoms with E-state index in [0.29, 0.717) is 0 Å². The molecule has 1 atom stereocenters. The Balaban J connectivity index is 2.15. The van der Waals surface area contributed by atoms with Crippen LogP contribution in [0.2, 0.25) is 0 Å². The Hall–Kier alpha value is -0.510. The van der Waals surface area contributed by atoms with Crippen LogP contribution in [-0.2, 0) is 0 Å². The number of thioether (sulfide) groups is 1. The molecule has 0 saturated carbocycles. The second-order valence-electron chi connectivity index (χ2n) is 5.35. The Labute approximate surface area is 109 Å². The molecule has 0 bridgehead atoms. The highest BCUT2D eigenvalue weighted by atomic mass is 32.2. The van der Waals surface area contributed by atoms with E-state index in [1.807, 2.05) is 17.8 Å². The predicted molar refractivity (Wildman–Crippen MR) is 77.5 cm³/mol. The van der Waals surface area contributed by atoms with Gasteiger partial charge in [-0.3, -0.25) is 0 Å². The number of nitrogens with two attached hydrogens (primary N) is 1. The second kappa shape index (κ2) is 7.04. The normalized spacial score (nSPS) is 13.6. The summed E-state index contributed by atoms with van der Waals surface area (Å²) in [5.74, 6) is 0.982. The van der Waals surface area contributed by atoms with Crippen LogP contribution in [0.5, 0.6) is 0 Å². The van der Waals surface area contributed by atoms with Crippen LogP contribution in [0.15, 0.2) is 35.2 Å². The summed E-state index contributed by atoms with van der Waals surface area (Å²) in [6.07, 6.45) is 1.02. The standard InChI is InChI=1S/C14H24N2S/c1-14(2,3)16-10-9-12(15)11-17-13-7-5-4-6-8-13/h4-8,12,16H,9-11,15H2,1-3H3/t12-/m1/s1. The number of hydrogen-bond acceptors (Lipinski definition) is 3. The number of hydrogen-bond donors (Lipinski definition) is 2. The van der Waals surface area contributed by atoms with E-state index < -0.39 is 0 Å². The van der Waals surface area contributed by atoms with E-state index in [-0.39, 0.29) is 11.6 Å². The lowest BCUT2D eigenvalue weighted by molar-refractivity contribution is 0.414. The Kier molecular flexibility index (Phi) is 6.03. The van der Waals surface area contributed by atoms with Gasteiger partial charge in [0.25, 0.3) is 0 Å². The Morgan fingerprint density at radius 2 is 1.88 bits per heavy atom. The predicted octanol–water partition coefficient (Wildman–Crippen LogP) is 2.88. The summed E-state index contributed by atoms with van der Waals surface area (Å²) >= 11 is 1.83. The smallest absolute Gasteiger partial charge is 0.0146 e. The van der Waals surface area contributed by atoms with E-state index in [9.17, 15) is 0 Å². The molecular formula is C14H24N2S. The molecule has 0 heterocycles. The van der Waals surface area contributed by atoms with Gasteiger partial charge in [-0.25, -0.2) is 0 Å². The van der Waals surface area contributed by atoms with Crippen LogP contribution in [0, 0.1) is 0 Å². The van der Waals surface area contributed by atoms with Crippen molar-refractivity contribution in [3.05, 3.63) is 30.3 Å². The molecule has 1 rings (SSSR count). The summed E-state index contributed by atoms with van der Waals surface area (Å²) in [6.45, 7) is 7.52. The first-order valence-corrected chi connectivity index (χ1v) is 7.14. The lowest BCUT2D eigenvalue weighted by Gasteiger charge is -2.21. The van der Waals surface area contributed by atoms with Gasteiger partial charge in [0.15, 0.2) is 0 Å². The quantitative estimate of drug-likeness (QED) is 0.765. The highest BCUT2D eigenvalue weighted by molar-refractivity contribution is 7.99. The fourth-order valence-corrected chi connectivity index (χ4v) is 2.36. The van der Waals surface area contributed by atoms with Crippen LogP contribution < -0.4 is 11.1 Å². The number of nitrogens with one attached hydrogen (secondary N) is 1. The topological polar surface area (TPSA) is 38.0 Å². The lowest BCUT2D eigenvalue weighted by Crippen LogP contribution is -2.39. The average Bonchev–Trinajstić information content (AvgIpc) is 2.26. The van der Waals surface area contributed by atoms with E-state index in [1.165, 1.54) is 4.90 Å². The molecule has 2 nitrogen and oxygen atoms in total. The Morgan fingerprint density at radius 1 is 1.24 bits per heavy atom. The molecule has 0 fully saturated rings. The van der Waals surface area contributed by atoms with E-state index in [2.05, 4.69) is 50.4 Å². The fraction of sp³-hybridized carbons (Fsp3) is 0.571. The summed E-state index contributed by atoms with van der Waals surface area (Å²) in [6, 6.07) is 10.7. The summed E-state index contributed by atoms with van der Waals surface area (Å²) in [4.78, 5) is 1.30. The highest BCUT2D eigenvalue weighted by Gasteiger charge is 2.09. The van der Waals surface area contributed by atoms with Crippen molar-refractivity contribution in [2.45, 2.75) is 43.7 Å². The van der Waals surface area contributed by atoms with Crippen molar-refractivity contribution in [3.8, 4) is 0 Å². The minimum Gasteiger partial charge on any atom is -0.327 e. The van der Waals surface area contributed by atoms with Crippen LogP contribution in [0.3, 0.4) is 0 Å². The van der Waals surface area contributed by atoms with Gasteiger partial charge in [0.2, 0.25) is 0 Å². The van der Waals surface area contributed by atoms with Gasteiger partial charge in [0, 0.05) is 22.2 Å². The summed E-state index contributed by atoms with van der Waals surface area (Å²) in [5.41, 5.74) is 6.28. The second-order valence-corrected chi connectivity index (χ2v) is 6.44. The van der Waals surface area contributed by atoms with Gasteiger partial charge in [0.1, 0.15) is 0 Å². The first-order chi connectivity index (χ1) is 7.97. The largest absolute Gasteiger partial charge is 0.327 e. The molecule has 96 valence electrons. The minimum atomic E-state index is 0.187. The SMILES string of the molecule is CC(C)(C)NCC[C@@H](N)CSc1ccccc1. The maximum absolute atomic E-state index is 6.09. The van der Waals surface area contributed by atoms with E-state index in [4.69, 9.17) is 5.73 Å². The van der Waals surface area contributed by atoms with Gasteiger partial charge in [-0.1, -0.05) is 18.2 Å². The molecule has 0 radical (unpaired) electrons. The summed E-state index contributed by atoms with van der Waals surface area (Å²) in [7, 11) is 0. The van der Waals surface area contributed by atoms with Gasteiger partial charge in [-0.2, -0.15) is 0 Å². The number of rotatable bonds is 6. The summed E-state index contributed by atoms with van der Waals surface area (Å²) < 4.78 is 0. The van der Waals surface area contributed by atoms with Crippen molar-refractivity contribution in [1.29, 1.82) is 0 Å². The summed E-state index contributed by atoms with van der Waals surface area (Å²) in [5, 5.41) is 3.46. The minimum absolute atomic E-state index is 0.187. The molecule has 0 amide bonds. The van der Waals surface area contributed by atoms with E-state index in [1.54, 1.807) is 0 Å². The molecule has 0 saturated heterocycles. The van der Waals surface area contributed by atoms with Crippen molar-refractivity contribution in [1.82, 2.24) is 5.32 Å². The van der Waals surface area contributed by atoms with Crippen molar-refractivity contribution < 1.29 is 0 Å². The molecular weight excluding hydrogens is 228 g/mol. The molecule has 1 aromatic rings. The molecule has 0 aliphatic carbocycles. The molecule has 3 heteroatoms. The third kappa shape index (κ3) is 7.42. The van der Waals surface area contributed by atoms with Crippen LogP contribution >= 0.6 is 11.8 Å². The number of benzene rings is 1. The molecule has 3 N–H and O–H groups in total. The zero-order valence-corrected chi connectivity index (χ0v) is 11.9. The molecule has 17 heavy (non-hydrogen) atoms. The van der Waals surface area contributed by atoms with E-state index >= 15 is 0 Å². The molecule has 0 unspecified atom stereocenters. The van der Waals surface area contributed by atoms with Gasteiger partial charge in [-0.05, 0) is 45.9 Å². The monoisotopic (exact) mass is 252 g/mol. The molecule has 0 aromatic heterocycles. The van der Waals surface area contributed by atoms with Crippen molar-refractivity contribution >= 4 is 11.8 Å². The third-order valence-electron chi connectivity index (χ3n) is 2.38. The first kappa shape index (κ1) is 14.6. The third-order valence-corrected chi connectivity index (χ3v) is 3.58. The van der Waals surface area contributed by atoms with Crippen molar-refractivity contribution in [2.75, 3.05) is 12.3 Å². The molecule has 0 spiro atoms. The van der Waals surface area contributed by atoms with Crippen LogP contribution in [-0.4, -0.2) is 23.9 Å². The van der Waals surface area contributed by atoms with E-state index in [0.717, 1.165) is 18.7 Å². The van der Waals surface area contributed by atoms with Gasteiger partial charge < -0.3 is 11.1 Å². The zero-order valence-electron chi connectivity index (χ0n) is 11.1. The van der Waals surface area contributed by atoms with Gasteiger partial charge >= 0.3 is 0 Å². The molecule has 0 aliphatic rings. The first-order valence-electron chi connectivity index (χ1n) is 6.16. The van der Waals surface area contributed by atoms with Crippen LogP contribution in [0.4, 0.5) is 0 Å². The van der Waals surface area contributed by atoms with Crippen LogP contribution in [0.1, 0.15) is 27.2 Å². The Morgan fingerprint density at radius 3 is 2.47 bits per heavy atom. The fourth-order valence-electron chi connectivity index (χ4n) is 1.44. The maximum atomic E-state index is 6.09. The van der Waals surface area contributed by atoms with Gasteiger partial charge in [0.05, 0.1) is 0 Å². The van der Waals surface area contributed by atoms with Crippen molar-refractivity contribution in [3.63, 3.8) is 0 Å². The highest BCUT2D eigenvalue weighted by Crippen LogP contribution is 2.17. The van der Waals surface area contributed by atoms with Crippen molar-refractivity contribution in [2.24, 2.45) is 5.73 Å². The average molecular weight is 252 g/mol. The molecule has 0 aliphatic heterocycles. The maximum Gasteiger partial charge on any atom is 0.0146 e.